The zero-order valence-corrected chi connectivity index (χ0v) is 14.7. The summed E-state index contributed by atoms with van der Waals surface area (Å²) < 4.78 is 91.1. The van der Waals surface area contributed by atoms with Crippen molar-refractivity contribution in [2.45, 2.75) is 17.4 Å². The van der Waals surface area contributed by atoms with Gasteiger partial charge in [0.05, 0.1) is 25.9 Å². The lowest BCUT2D eigenvalue weighted by molar-refractivity contribution is -0.138. The highest BCUT2D eigenvalue weighted by Gasteiger charge is 2.33. The van der Waals surface area contributed by atoms with Gasteiger partial charge in [0, 0.05) is 18.6 Å². The monoisotopic (exact) mass is 431 g/mol. The van der Waals surface area contributed by atoms with Gasteiger partial charge in [-0.1, -0.05) is 11.6 Å². The van der Waals surface area contributed by atoms with Gasteiger partial charge in [0.2, 0.25) is 0 Å². The van der Waals surface area contributed by atoms with E-state index in [9.17, 15) is 35.3 Å². The van der Waals surface area contributed by atoms with E-state index in [2.05, 4.69) is 14.3 Å². The van der Waals surface area contributed by atoms with Gasteiger partial charge < -0.3 is 0 Å². The summed E-state index contributed by atoms with van der Waals surface area (Å²) in [7, 11) is -3.60. The Morgan fingerprint density at radius 3 is 2.04 bits per heavy atom. The van der Waals surface area contributed by atoms with Crippen molar-refractivity contribution < 1.29 is 35.3 Å². The van der Waals surface area contributed by atoms with Crippen molar-refractivity contribution in [2.75, 3.05) is 6.26 Å². The Balaban J connectivity index is 2.39. The van der Waals surface area contributed by atoms with Gasteiger partial charge >= 0.3 is 18.3 Å². The Hall–Kier alpha value is -2.21. The molecule has 0 N–H and O–H groups in total. The second kappa shape index (κ2) is 7.08. The number of nitrogens with zero attached hydrogens (tertiary/aromatic N) is 3. The average molecular weight is 432 g/mol. The lowest BCUT2D eigenvalue weighted by atomic mass is 10.2. The molecule has 0 saturated carbocycles. The third-order valence-electron chi connectivity index (χ3n) is 3.08. The van der Waals surface area contributed by atoms with Crippen LogP contribution in [0.25, 0.3) is 0 Å². The number of halogens is 7. The van der Waals surface area contributed by atoms with E-state index < -0.39 is 54.9 Å². The summed E-state index contributed by atoms with van der Waals surface area (Å²) in [4.78, 5) is 18.7. The van der Waals surface area contributed by atoms with Gasteiger partial charge in [-0.05, 0) is 18.2 Å². The number of alkyl halides is 6. The van der Waals surface area contributed by atoms with Crippen LogP contribution in [0.4, 0.5) is 26.3 Å². The second-order valence-corrected chi connectivity index (χ2v) is 7.75. The topological polar surface area (TPSA) is 72.3 Å². The fourth-order valence-electron chi connectivity index (χ4n) is 1.77. The predicted molar refractivity (Wildman–Crippen MR) is 82.6 cm³/mol. The molecule has 27 heavy (non-hydrogen) atoms. The van der Waals surface area contributed by atoms with Gasteiger partial charge in [0.1, 0.15) is 10.7 Å². The summed E-state index contributed by atoms with van der Waals surface area (Å²) in [6, 6.07) is 1.84. The van der Waals surface area contributed by atoms with E-state index in [1.807, 2.05) is 0 Å². The third kappa shape index (κ3) is 4.95. The number of hydrogen-bond donors (Lipinski definition) is 0. The number of hydrogen-bond acceptors (Lipinski definition) is 4. The molecule has 0 aliphatic rings. The fraction of sp³-hybridized carbons (Fsp3) is 0.214. The van der Waals surface area contributed by atoms with Crippen molar-refractivity contribution in [3.8, 4) is 0 Å². The summed E-state index contributed by atoms with van der Waals surface area (Å²) >= 11 is 5.60. The van der Waals surface area contributed by atoms with Crippen LogP contribution in [0.3, 0.4) is 0 Å². The first-order chi connectivity index (χ1) is 12.2. The largest absolute Gasteiger partial charge is 0.417 e. The van der Waals surface area contributed by atoms with Gasteiger partial charge in [-0.15, -0.1) is 0 Å². The molecule has 0 radical (unpaired) electrons. The van der Waals surface area contributed by atoms with E-state index >= 15 is 0 Å². The maximum absolute atomic E-state index is 12.6. The molecule has 0 fully saturated rings. The second-order valence-electron chi connectivity index (χ2n) is 5.13. The summed E-state index contributed by atoms with van der Waals surface area (Å²) in [6.07, 6.45) is -7.70. The van der Waals surface area contributed by atoms with Crippen molar-refractivity contribution >= 4 is 27.2 Å². The molecule has 2 heterocycles. The van der Waals surface area contributed by atoms with Crippen LogP contribution in [0.2, 0.25) is 5.02 Å². The predicted octanol–water partition coefficient (Wildman–Crippen LogP) is 4.46. The number of aromatic nitrogens is 2. The quantitative estimate of drug-likeness (QED) is 0.658. The molecule has 13 heteroatoms. The normalized spacial score (nSPS) is 14.5. The summed E-state index contributed by atoms with van der Waals surface area (Å²) in [5.74, 6) is -1.30. The minimum absolute atomic E-state index is 0.350. The molecule has 0 aliphatic carbocycles. The van der Waals surface area contributed by atoms with Crippen LogP contribution in [0, 0.1) is 0 Å². The first kappa shape index (κ1) is 21.1. The van der Waals surface area contributed by atoms with Gasteiger partial charge in [-0.2, -0.15) is 30.7 Å². The molecule has 146 valence electrons. The number of carbonyl (C=O) groups excluding carboxylic acids is 1. The molecule has 1 amide bonds. The molecule has 0 spiro atoms. The molecule has 0 saturated heterocycles. The minimum Gasteiger partial charge on any atom is -0.264 e. The maximum Gasteiger partial charge on any atom is 0.417 e. The molecular weight excluding hydrogens is 424 g/mol. The number of amides is 1. The van der Waals surface area contributed by atoms with Crippen LogP contribution in [-0.2, 0) is 22.1 Å². The maximum atomic E-state index is 12.6. The molecule has 0 aromatic carbocycles. The van der Waals surface area contributed by atoms with Crippen molar-refractivity contribution in [3.05, 3.63) is 52.4 Å². The van der Waals surface area contributed by atoms with Crippen molar-refractivity contribution in [1.82, 2.24) is 9.97 Å². The van der Waals surface area contributed by atoms with E-state index in [0.717, 1.165) is 12.3 Å². The van der Waals surface area contributed by atoms with Gasteiger partial charge in [0.15, 0.2) is 0 Å². The van der Waals surface area contributed by atoms with E-state index in [1.165, 1.54) is 0 Å². The Morgan fingerprint density at radius 2 is 1.59 bits per heavy atom. The Labute approximate surface area is 153 Å². The highest BCUT2D eigenvalue weighted by molar-refractivity contribution is 7.93. The van der Waals surface area contributed by atoms with Gasteiger partial charge in [-0.3, -0.25) is 4.79 Å². The van der Waals surface area contributed by atoms with E-state index in [4.69, 9.17) is 11.6 Å². The molecular formula is C14H8ClF6N3O2S. The first-order valence-electron chi connectivity index (χ1n) is 6.74. The SMILES string of the molecule is CS(=O)(=NC(=O)c1ncc(C(F)(F)F)cc1Cl)c1ccc(C(F)(F)F)cn1. The molecule has 1 atom stereocenters. The molecule has 0 aliphatic heterocycles. The first-order valence-corrected chi connectivity index (χ1v) is 9.04. The van der Waals surface area contributed by atoms with Crippen LogP contribution < -0.4 is 0 Å². The summed E-state index contributed by atoms with van der Waals surface area (Å²) in [5, 5.41) is -1.10. The van der Waals surface area contributed by atoms with Crippen LogP contribution in [0.1, 0.15) is 21.6 Å². The fourth-order valence-corrected chi connectivity index (χ4v) is 3.08. The lowest BCUT2D eigenvalue weighted by Crippen LogP contribution is -2.11. The summed E-state index contributed by atoms with van der Waals surface area (Å²) in [5.41, 5.74) is -2.99. The Kier molecular flexibility index (Phi) is 5.53. The highest BCUT2D eigenvalue weighted by Crippen LogP contribution is 2.31. The van der Waals surface area contributed by atoms with Crippen LogP contribution in [0.5, 0.6) is 0 Å². The highest BCUT2D eigenvalue weighted by atomic mass is 35.5. The molecule has 0 bridgehead atoms. The molecule has 2 aromatic rings. The molecule has 5 nitrogen and oxygen atoms in total. The van der Waals surface area contributed by atoms with Crippen molar-refractivity contribution in [1.29, 1.82) is 0 Å². The molecule has 1 unspecified atom stereocenters. The number of carbonyl (C=O) groups is 1. The van der Waals surface area contributed by atoms with E-state index in [0.29, 0.717) is 24.5 Å². The van der Waals surface area contributed by atoms with Gasteiger partial charge in [0.25, 0.3) is 0 Å². The third-order valence-corrected chi connectivity index (χ3v) is 4.90. The zero-order valence-electron chi connectivity index (χ0n) is 13.1. The lowest BCUT2D eigenvalue weighted by Gasteiger charge is -2.09. The smallest absolute Gasteiger partial charge is 0.264 e. The Bertz CT molecular complexity index is 995. The molecule has 2 aromatic heterocycles. The summed E-state index contributed by atoms with van der Waals surface area (Å²) in [6.45, 7) is 0. The Morgan fingerprint density at radius 1 is 1.04 bits per heavy atom. The number of rotatable bonds is 2. The van der Waals surface area contributed by atoms with Gasteiger partial charge in [-0.25, -0.2) is 14.2 Å². The number of pyridine rings is 2. The minimum atomic E-state index is -4.74. The van der Waals surface area contributed by atoms with Crippen LogP contribution >= 0.6 is 11.6 Å². The zero-order chi connectivity index (χ0) is 20.6. The van der Waals surface area contributed by atoms with Crippen molar-refractivity contribution in [2.24, 2.45) is 4.36 Å². The van der Waals surface area contributed by atoms with E-state index in [-0.39, 0.29) is 0 Å². The van der Waals surface area contributed by atoms with Crippen LogP contribution in [0.15, 0.2) is 40.0 Å². The molecule has 2 rings (SSSR count). The van der Waals surface area contributed by atoms with Crippen molar-refractivity contribution in [3.63, 3.8) is 0 Å². The average Bonchev–Trinajstić information content (AvgIpc) is 2.52. The van der Waals surface area contributed by atoms with Crippen LogP contribution in [-0.4, -0.2) is 26.3 Å². The van der Waals surface area contributed by atoms with E-state index in [1.54, 1.807) is 0 Å². The standard InChI is InChI=1S/C14H8ClF6N3O2S/c1-27(26,10-3-2-7(5-22-10)13(16,17)18)24-12(25)11-9(15)4-8(6-23-11)14(19,20)21/h2-6H,1H3.